The first-order valence-electron chi connectivity index (χ1n) is 11.7. The number of benzene rings is 2. The van der Waals surface area contributed by atoms with Crippen LogP contribution in [0.5, 0.6) is 11.5 Å². The molecule has 1 aliphatic rings. The third-order valence-corrected chi connectivity index (χ3v) is 7.20. The summed E-state index contributed by atoms with van der Waals surface area (Å²) in [6.45, 7) is 9.26. The topological polar surface area (TPSA) is 68.3 Å². The zero-order valence-electron chi connectivity index (χ0n) is 20.9. The SMILES string of the molecule is CCOC(=O)CN(CCCOc1ccc(OC)cc1C1Sc2cc(Cl)ccc2N1C(C)=O)C(C)C. The van der Waals surface area contributed by atoms with E-state index < -0.39 is 0 Å². The van der Waals surface area contributed by atoms with Gasteiger partial charge in [-0.2, -0.15) is 0 Å². The molecule has 1 atom stereocenters. The molecule has 0 aromatic heterocycles. The number of nitrogens with zero attached hydrogens (tertiary/aromatic N) is 2. The van der Waals surface area contributed by atoms with E-state index in [1.54, 1.807) is 43.7 Å². The fourth-order valence-corrected chi connectivity index (χ4v) is 5.58. The van der Waals surface area contributed by atoms with Crippen LogP contribution in [0, 0.1) is 0 Å². The molecule has 7 nitrogen and oxygen atoms in total. The zero-order chi connectivity index (χ0) is 25.5. The standard InChI is InChI=1S/C26H33ClN2O5S/c1-6-33-25(31)16-28(17(2)3)12-7-13-34-23-11-9-20(32-5)15-21(23)26-29(18(4)30)22-10-8-19(27)14-24(22)35-26/h8-11,14-15,17,26H,6-7,12-13,16H2,1-5H3. The van der Waals surface area contributed by atoms with Gasteiger partial charge in [0.2, 0.25) is 5.91 Å². The van der Waals surface area contributed by atoms with Crippen LogP contribution in [0.4, 0.5) is 5.69 Å². The van der Waals surface area contributed by atoms with Gasteiger partial charge in [-0.3, -0.25) is 19.4 Å². The fraction of sp³-hybridized carbons (Fsp3) is 0.462. The predicted molar refractivity (Wildman–Crippen MR) is 140 cm³/mol. The van der Waals surface area contributed by atoms with E-state index in [1.165, 1.54) is 0 Å². The molecule has 0 bridgehead atoms. The maximum atomic E-state index is 12.6. The molecule has 2 aromatic rings. The van der Waals surface area contributed by atoms with Crippen molar-refractivity contribution in [3.05, 3.63) is 47.0 Å². The molecule has 0 aliphatic carbocycles. The van der Waals surface area contributed by atoms with Crippen LogP contribution in [0.1, 0.15) is 45.1 Å². The van der Waals surface area contributed by atoms with E-state index in [0.717, 1.165) is 22.6 Å². The second-order valence-corrected chi connectivity index (χ2v) is 10.0. The van der Waals surface area contributed by atoms with Gasteiger partial charge in [-0.1, -0.05) is 23.4 Å². The predicted octanol–water partition coefficient (Wildman–Crippen LogP) is 5.55. The Hall–Kier alpha value is -2.42. The number of ether oxygens (including phenoxy) is 3. The number of esters is 1. The lowest BCUT2D eigenvalue weighted by atomic mass is 10.1. The number of carbonyl (C=O) groups is 2. The molecule has 1 heterocycles. The first-order valence-corrected chi connectivity index (χ1v) is 13.0. The van der Waals surface area contributed by atoms with Gasteiger partial charge in [0.15, 0.2) is 0 Å². The molecule has 0 radical (unpaired) electrons. The van der Waals surface area contributed by atoms with E-state index in [2.05, 4.69) is 18.7 Å². The molecule has 0 saturated heterocycles. The first-order chi connectivity index (χ1) is 16.7. The van der Waals surface area contributed by atoms with Crippen molar-refractivity contribution in [3.8, 4) is 11.5 Å². The van der Waals surface area contributed by atoms with Crippen molar-refractivity contribution in [2.75, 3.05) is 38.3 Å². The highest BCUT2D eigenvalue weighted by molar-refractivity contribution is 8.00. The summed E-state index contributed by atoms with van der Waals surface area (Å²) in [6.07, 6.45) is 0.729. The molecule has 0 fully saturated rings. The molecule has 190 valence electrons. The molecule has 1 aliphatic heterocycles. The van der Waals surface area contributed by atoms with Crippen LogP contribution < -0.4 is 14.4 Å². The van der Waals surface area contributed by atoms with Crippen molar-refractivity contribution in [2.45, 2.75) is 50.4 Å². The molecule has 0 saturated carbocycles. The quantitative estimate of drug-likeness (QED) is 0.284. The highest BCUT2D eigenvalue weighted by Crippen LogP contribution is 2.54. The Morgan fingerprint density at radius 2 is 1.97 bits per heavy atom. The van der Waals surface area contributed by atoms with Crippen molar-refractivity contribution < 1.29 is 23.8 Å². The van der Waals surface area contributed by atoms with Crippen LogP contribution in [-0.2, 0) is 14.3 Å². The maximum Gasteiger partial charge on any atom is 0.320 e. The second-order valence-electron chi connectivity index (χ2n) is 8.45. The molecule has 0 spiro atoms. The zero-order valence-corrected chi connectivity index (χ0v) is 22.4. The Morgan fingerprint density at radius 1 is 1.20 bits per heavy atom. The number of hydrogen-bond donors (Lipinski definition) is 0. The van der Waals surface area contributed by atoms with Gasteiger partial charge in [0.1, 0.15) is 16.9 Å². The van der Waals surface area contributed by atoms with E-state index >= 15 is 0 Å². The van der Waals surface area contributed by atoms with Gasteiger partial charge in [-0.05, 0) is 63.6 Å². The highest BCUT2D eigenvalue weighted by atomic mass is 35.5. The lowest BCUT2D eigenvalue weighted by Crippen LogP contribution is -2.37. The fourth-order valence-electron chi connectivity index (χ4n) is 3.94. The second kappa shape index (κ2) is 12.5. The average molecular weight is 521 g/mol. The number of halogens is 1. The normalized spacial score (nSPS) is 14.9. The smallest absolute Gasteiger partial charge is 0.320 e. The number of fused-ring (bicyclic) bond motifs is 1. The van der Waals surface area contributed by atoms with Crippen molar-refractivity contribution in [1.82, 2.24) is 4.90 Å². The van der Waals surface area contributed by atoms with Crippen molar-refractivity contribution in [2.24, 2.45) is 0 Å². The number of hydrogen-bond acceptors (Lipinski definition) is 7. The van der Waals surface area contributed by atoms with Gasteiger partial charge in [0, 0.05) is 35.0 Å². The monoisotopic (exact) mass is 520 g/mol. The molecule has 3 rings (SSSR count). The van der Waals surface area contributed by atoms with Gasteiger partial charge in [-0.15, -0.1) is 0 Å². The summed E-state index contributed by atoms with van der Waals surface area (Å²) in [6, 6.07) is 11.4. The minimum absolute atomic E-state index is 0.0658. The van der Waals surface area contributed by atoms with E-state index in [1.807, 2.05) is 30.3 Å². The first kappa shape index (κ1) is 27.2. The summed E-state index contributed by atoms with van der Waals surface area (Å²) in [5.41, 5.74) is 1.68. The third-order valence-electron chi connectivity index (χ3n) is 5.69. The Kier molecular flexibility index (Phi) is 9.71. The van der Waals surface area contributed by atoms with Crippen LogP contribution in [0.3, 0.4) is 0 Å². The van der Waals surface area contributed by atoms with Gasteiger partial charge in [0.25, 0.3) is 0 Å². The van der Waals surface area contributed by atoms with E-state index in [4.69, 9.17) is 25.8 Å². The van der Waals surface area contributed by atoms with Crippen LogP contribution in [-0.4, -0.2) is 56.2 Å². The molecule has 1 amide bonds. The summed E-state index contributed by atoms with van der Waals surface area (Å²) in [5, 5.41) is 0.321. The number of anilines is 1. The van der Waals surface area contributed by atoms with Crippen molar-refractivity contribution in [1.29, 1.82) is 0 Å². The Morgan fingerprint density at radius 3 is 2.63 bits per heavy atom. The Labute approximate surface area is 216 Å². The number of rotatable bonds is 11. The molecule has 1 unspecified atom stereocenters. The van der Waals surface area contributed by atoms with Crippen LogP contribution in [0.25, 0.3) is 0 Å². The molecular weight excluding hydrogens is 488 g/mol. The maximum absolute atomic E-state index is 12.6. The van der Waals surface area contributed by atoms with E-state index in [0.29, 0.717) is 36.3 Å². The number of carbonyl (C=O) groups excluding carboxylic acids is 2. The molecular formula is C26H33ClN2O5S. The Bertz CT molecular complexity index is 1050. The number of thioether (sulfide) groups is 1. The van der Waals surface area contributed by atoms with Crippen molar-refractivity contribution in [3.63, 3.8) is 0 Å². The minimum atomic E-state index is -0.304. The largest absolute Gasteiger partial charge is 0.497 e. The summed E-state index contributed by atoms with van der Waals surface area (Å²) < 4.78 is 16.8. The summed E-state index contributed by atoms with van der Waals surface area (Å²) in [4.78, 5) is 29.3. The number of amides is 1. The molecule has 9 heteroatoms. The van der Waals surface area contributed by atoms with Crippen LogP contribution in [0.15, 0.2) is 41.3 Å². The summed E-state index contributed by atoms with van der Waals surface area (Å²) in [5.74, 6) is 1.09. The Balaban J connectivity index is 1.75. The van der Waals surface area contributed by atoms with Crippen molar-refractivity contribution >= 4 is 40.9 Å². The summed E-state index contributed by atoms with van der Waals surface area (Å²) in [7, 11) is 1.61. The lowest BCUT2D eigenvalue weighted by molar-refractivity contribution is -0.145. The van der Waals surface area contributed by atoms with Crippen LogP contribution in [0.2, 0.25) is 5.02 Å². The van der Waals surface area contributed by atoms with E-state index in [9.17, 15) is 9.59 Å². The minimum Gasteiger partial charge on any atom is -0.497 e. The van der Waals surface area contributed by atoms with Gasteiger partial charge < -0.3 is 14.2 Å². The molecule has 0 N–H and O–H groups in total. The third kappa shape index (κ3) is 6.84. The van der Waals surface area contributed by atoms with Gasteiger partial charge in [0.05, 0.1) is 32.6 Å². The molecule has 2 aromatic carbocycles. The van der Waals surface area contributed by atoms with Gasteiger partial charge >= 0.3 is 5.97 Å². The molecule has 35 heavy (non-hydrogen) atoms. The van der Waals surface area contributed by atoms with Crippen LogP contribution >= 0.6 is 23.4 Å². The summed E-state index contributed by atoms with van der Waals surface area (Å²) >= 11 is 7.77. The average Bonchev–Trinajstić information content (AvgIpc) is 3.19. The van der Waals surface area contributed by atoms with E-state index in [-0.39, 0.29) is 29.8 Å². The van der Waals surface area contributed by atoms with Gasteiger partial charge in [-0.25, -0.2) is 0 Å². The number of methoxy groups -OCH3 is 1. The lowest BCUT2D eigenvalue weighted by Gasteiger charge is -2.27. The highest BCUT2D eigenvalue weighted by Gasteiger charge is 2.36.